The van der Waals surface area contributed by atoms with Gasteiger partial charge >= 0.3 is 0 Å². The number of halogens is 2. The zero-order valence-electron chi connectivity index (χ0n) is 14.9. The van der Waals surface area contributed by atoms with Crippen LogP contribution in [0.1, 0.15) is 23.8 Å². The van der Waals surface area contributed by atoms with E-state index in [2.05, 4.69) is 10.3 Å². The number of benzene rings is 1. The predicted octanol–water partition coefficient (Wildman–Crippen LogP) is 3.73. The molecule has 1 aliphatic heterocycles. The van der Waals surface area contributed by atoms with Gasteiger partial charge in [-0.1, -0.05) is 0 Å². The van der Waals surface area contributed by atoms with Crippen molar-refractivity contribution in [1.82, 2.24) is 15.2 Å². The number of nitrogens with one attached hydrogen (secondary N) is 1. The monoisotopic (exact) mass is 417 g/mol. The Morgan fingerprint density at radius 1 is 1.35 bits per heavy atom. The summed E-state index contributed by atoms with van der Waals surface area (Å²) >= 11 is 1.51. The van der Waals surface area contributed by atoms with Gasteiger partial charge in [0.25, 0.3) is 5.91 Å². The minimum absolute atomic E-state index is 0. The zero-order chi connectivity index (χ0) is 16.9. The molecule has 0 bridgehead atoms. The Morgan fingerprint density at radius 3 is 2.73 bits per heavy atom. The van der Waals surface area contributed by atoms with E-state index in [0.717, 1.165) is 42.4 Å². The van der Waals surface area contributed by atoms with Crippen LogP contribution in [0.5, 0.6) is 5.75 Å². The fourth-order valence-corrected chi connectivity index (χ4v) is 3.80. The van der Waals surface area contributed by atoms with Crippen LogP contribution in [-0.2, 0) is 0 Å². The summed E-state index contributed by atoms with van der Waals surface area (Å²) in [5, 5.41) is 5.91. The van der Waals surface area contributed by atoms with Crippen LogP contribution in [-0.4, -0.2) is 49.1 Å². The normalized spacial score (nSPS) is 15.9. The molecule has 0 spiro atoms. The highest BCUT2D eigenvalue weighted by Gasteiger charge is 2.27. The molecule has 1 aromatic heterocycles. The summed E-state index contributed by atoms with van der Waals surface area (Å²) in [6, 6.07) is 7.84. The summed E-state index contributed by atoms with van der Waals surface area (Å²) in [4.78, 5) is 19.1. The van der Waals surface area contributed by atoms with Crippen LogP contribution < -0.4 is 10.1 Å². The second-order valence-electron chi connectivity index (χ2n) is 5.96. The Hall–Kier alpha value is -1.34. The second kappa shape index (κ2) is 10.7. The number of ether oxygens (including phenoxy) is 1. The van der Waals surface area contributed by atoms with Crippen molar-refractivity contribution in [3.8, 4) is 16.3 Å². The summed E-state index contributed by atoms with van der Waals surface area (Å²) in [5.74, 6) is 1.44. The minimum atomic E-state index is 0. The lowest BCUT2D eigenvalue weighted by Gasteiger charge is -2.15. The number of thiazole rings is 1. The Kier molecular flexibility index (Phi) is 9.36. The number of hydrogen-bond donors (Lipinski definition) is 1. The molecular weight excluding hydrogens is 393 g/mol. The number of aromatic nitrogens is 1. The quantitative estimate of drug-likeness (QED) is 0.777. The van der Waals surface area contributed by atoms with E-state index in [1.807, 2.05) is 48.5 Å². The third-order valence-corrected chi connectivity index (χ3v) is 5.09. The lowest BCUT2D eigenvalue weighted by atomic mass is 10.1. The van der Waals surface area contributed by atoms with Crippen LogP contribution in [0, 0.1) is 5.92 Å². The van der Waals surface area contributed by atoms with Gasteiger partial charge in [-0.05, 0) is 57.1 Å². The first-order valence-corrected chi connectivity index (χ1v) is 9.22. The molecule has 0 saturated carbocycles. The number of rotatable bonds is 6. The van der Waals surface area contributed by atoms with Crippen molar-refractivity contribution < 1.29 is 9.53 Å². The van der Waals surface area contributed by atoms with E-state index in [1.165, 1.54) is 11.3 Å². The fourth-order valence-electron chi connectivity index (χ4n) is 3.00. The van der Waals surface area contributed by atoms with Crippen LogP contribution in [0.25, 0.3) is 10.6 Å². The molecule has 2 heterocycles. The van der Waals surface area contributed by atoms with Crippen LogP contribution in [0.15, 0.2) is 29.6 Å². The van der Waals surface area contributed by atoms with Gasteiger partial charge in [-0.2, -0.15) is 0 Å². The summed E-state index contributed by atoms with van der Waals surface area (Å²) < 4.78 is 5.45. The molecule has 1 aromatic carbocycles. The molecule has 1 aliphatic rings. The molecule has 1 N–H and O–H groups in total. The molecular formula is C18H25Cl2N3O2S. The molecule has 1 saturated heterocycles. The molecule has 144 valence electrons. The fraction of sp³-hybridized carbons (Fsp3) is 0.444. The summed E-state index contributed by atoms with van der Waals surface area (Å²) in [7, 11) is 1.95. The van der Waals surface area contributed by atoms with E-state index in [-0.39, 0.29) is 30.7 Å². The van der Waals surface area contributed by atoms with Crippen LogP contribution in [0.4, 0.5) is 0 Å². The van der Waals surface area contributed by atoms with Crippen LogP contribution >= 0.6 is 36.2 Å². The number of nitrogens with zero attached hydrogens (tertiary/aromatic N) is 2. The number of carbonyl (C=O) groups excluding carboxylic acids is 1. The van der Waals surface area contributed by atoms with Gasteiger partial charge in [0.1, 0.15) is 16.5 Å². The predicted molar refractivity (Wildman–Crippen MR) is 111 cm³/mol. The molecule has 26 heavy (non-hydrogen) atoms. The van der Waals surface area contributed by atoms with E-state index in [4.69, 9.17) is 4.74 Å². The number of hydrogen-bond acceptors (Lipinski definition) is 5. The van der Waals surface area contributed by atoms with Gasteiger partial charge in [0, 0.05) is 24.0 Å². The lowest BCUT2D eigenvalue weighted by Crippen LogP contribution is -2.30. The molecule has 8 heteroatoms. The average molecular weight is 418 g/mol. The molecule has 1 fully saturated rings. The minimum Gasteiger partial charge on any atom is -0.494 e. The first-order valence-electron chi connectivity index (χ1n) is 8.34. The van der Waals surface area contributed by atoms with E-state index in [9.17, 15) is 4.79 Å². The van der Waals surface area contributed by atoms with Gasteiger partial charge in [0.2, 0.25) is 0 Å². The Bertz CT molecular complexity index is 694. The van der Waals surface area contributed by atoms with Crippen LogP contribution in [0.2, 0.25) is 0 Å². The van der Waals surface area contributed by atoms with E-state index in [0.29, 0.717) is 18.2 Å². The average Bonchev–Trinajstić information content (AvgIpc) is 3.25. The first-order chi connectivity index (χ1) is 11.7. The molecule has 0 radical (unpaired) electrons. The maximum atomic E-state index is 12.6. The summed E-state index contributed by atoms with van der Waals surface area (Å²) in [5.41, 5.74) is 1.56. The second-order valence-corrected chi connectivity index (χ2v) is 6.82. The van der Waals surface area contributed by atoms with E-state index >= 15 is 0 Å². The van der Waals surface area contributed by atoms with E-state index in [1.54, 1.807) is 0 Å². The standard InChI is InChI=1S/C18H23N3O2S.2ClH/c1-3-23-15-6-4-14(5-7-15)17-20-16(12-24-17)18(22)21-9-8-13(11-21)10-19-2;;/h4-7,12-13,19H,3,8-11H2,1-2H3;2*1H. The van der Waals surface area contributed by atoms with Crippen molar-refractivity contribution in [2.45, 2.75) is 13.3 Å². The largest absolute Gasteiger partial charge is 0.494 e. The molecule has 1 amide bonds. The highest BCUT2D eigenvalue weighted by molar-refractivity contribution is 7.13. The number of amides is 1. The maximum absolute atomic E-state index is 12.6. The van der Waals surface area contributed by atoms with Crippen molar-refractivity contribution >= 4 is 42.1 Å². The maximum Gasteiger partial charge on any atom is 0.273 e. The highest BCUT2D eigenvalue weighted by Crippen LogP contribution is 2.27. The smallest absolute Gasteiger partial charge is 0.273 e. The highest BCUT2D eigenvalue weighted by atomic mass is 35.5. The lowest BCUT2D eigenvalue weighted by molar-refractivity contribution is 0.0782. The Morgan fingerprint density at radius 2 is 2.08 bits per heavy atom. The third kappa shape index (κ3) is 5.33. The third-order valence-electron chi connectivity index (χ3n) is 4.20. The summed E-state index contributed by atoms with van der Waals surface area (Å²) in [6.45, 7) is 5.21. The number of carbonyl (C=O) groups is 1. The van der Waals surface area contributed by atoms with Crippen molar-refractivity contribution in [2.24, 2.45) is 5.92 Å². The zero-order valence-corrected chi connectivity index (χ0v) is 17.4. The van der Waals surface area contributed by atoms with Crippen molar-refractivity contribution in [1.29, 1.82) is 0 Å². The molecule has 1 atom stereocenters. The van der Waals surface area contributed by atoms with Gasteiger partial charge in [0.15, 0.2) is 0 Å². The molecule has 3 rings (SSSR count). The van der Waals surface area contributed by atoms with Gasteiger partial charge in [-0.25, -0.2) is 4.98 Å². The molecule has 1 unspecified atom stereocenters. The van der Waals surface area contributed by atoms with Gasteiger partial charge < -0.3 is 15.0 Å². The SMILES string of the molecule is CCOc1ccc(-c2nc(C(=O)N3CCC(CNC)C3)cs2)cc1.Cl.Cl. The molecule has 2 aromatic rings. The van der Waals surface area contributed by atoms with Crippen LogP contribution in [0.3, 0.4) is 0 Å². The van der Waals surface area contributed by atoms with Gasteiger partial charge in [-0.3, -0.25) is 4.79 Å². The topological polar surface area (TPSA) is 54.5 Å². The molecule has 0 aliphatic carbocycles. The van der Waals surface area contributed by atoms with Crippen molar-refractivity contribution in [3.05, 3.63) is 35.3 Å². The summed E-state index contributed by atoms with van der Waals surface area (Å²) in [6.07, 6.45) is 1.06. The Labute approximate surface area is 171 Å². The van der Waals surface area contributed by atoms with E-state index < -0.39 is 0 Å². The molecule has 5 nitrogen and oxygen atoms in total. The Balaban J connectivity index is 0.00000169. The van der Waals surface area contributed by atoms with Gasteiger partial charge in [0.05, 0.1) is 6.61 Å². The van der Waals surface area contributed by atoms with Gasteiger partial charge in [-0.15, -0.1) is 36.2 Å². The first kappa shape index (κ1) is 22.7. The van der Waals surface area contributed by atoms with Crippen molar-refractivity contribution in [3.63, 3.8) is 0 Å². The number of likely N-dealkylation sites (tertiary alicyclic amines) is 1. The van der Waals surface area contributed by atoms with Crippen molar-refractivity contribution in [2.75, 3.05) is 33.3 Å².